The predicted octanol–water partition coefficient (Wildman–Crippen LogP) is 2.42. The van der Waals surface area contributed by atoms with Crippen LogP contribution in [0.4, 0.5) is 8.78 Å². The lowest BCUT2D eigenvalue weighted by atomic mass is 10.2. The van der Waals surface area contributed by atoms with Crippen molar-refractivity contribution in [3.05, 3.63) is 12.2 Å². The smallest absolute Gasteiger partial charge is 0.131 e. The van der Waals surface area contributed by atoms with Crippen LogP contribution >= 0.6 is 0 Å². The summed E-state index contributed by atoms with van der Waals surface area (Å²) in [6, 6.07) is 0. The maximum absolute atomic E-state index is 11.7. The molecule has 0 rings (SSSR count). The van der Waals surface area contributed by atoms with Gasteiger partial charge in [0, 0.05) is 5.92 Å². The predicted molar refractivity (Wildman–Crippen MR) is 25.1 cm³/mol. The molecule has 0 aliphatic carbocycles. The normalized spacial score (nSPS) is 13.0. The zero-order valence-electron chi connectivity index (χ0n) is 4.41. The minimum absolute atomic E-state index is 0.00926. The lowest BCUT2D eigenvalue weighted by molar-refractivity contribution is 0.490. The van der Waals surface area contributed by atoms with Crippen LogP contribution in [0.2, 0.25) is 0 Å². The van der Waals surface area contributed by atoms with E-state index in [-0.39, 0.29) is 12.2 Å². The van der Waals surface area contributed by atoms with Crippen molar-refractivity contribution < 1.29 is 8.78 Å². The quantitative estimate of drug-likeness (QED) is 0.481. The van der Waals surface area contributed by atoms with Crippen molar-refractivity contribution in [2.24, 2.45) is 5.92 Å². The Morgan fingerprint density at radius 2 is 2.00 bits per heavy atom. The zero-order valence-corrected chi connectivity index (χ0v) is 4.41. The number of allylic oxidation sites excluding steroid dienone is 1. The van der Waals surface area contributed by atoms with E-state index in [0.717, 1.165) is 0 Å². The van der Waals surface area contributed by atoms with Crippen LogP contribution in [0.5, 0.6) is 0 Å². The van der Waals surface area contributed by atoms with Crippen molar-refractivity contribution in [2.45, 2.75) is 13.8 Å². The van der Waals surface area contributed by atoms with Crippen molar-refractivity contribution in [3.63, 3.8) is 0 Å². The lowest BCUT2D eigenvalue weighted by Crippen LogP contribution is -1.83. The average molecular weight is 106 g/mol. The van der Waals surface area contributed by atoms with Gasteiger partial charge in [-0.25, -0.2) is 8.78 Å². The zero-order chi connectivity index (χ0) is 5.86. The number of halogens is 2. The van der Waals surface area contributed by atoms with Gasteiger partial charge in [-0.2, -0.15) is 0 Å². The van der Waals surface area contributed by atoms with Crippen LogP contribution in [-0.2, 0) is 0 Å². The Morgan fingerprint density at radius 3 is 2.00 bits per heavy atom. The molecule has 42 valence electrons. The van der Waals surface area contributed by atoms with Gasteiger partial charge in [-0.15, -0.1) is 0 Å². The van der Waals surface area contributed by atoms with E-state index in [4.69, 9.17) is 0 Å². The average Bonchev–Trinajstić information content (AvgIpc) is 1.65. The topological polar surface area (TPSA) is 0 Å². The van der Waals surface area contributed by atoms with Crippen molar-refractivity contribution in [2.75, 3.05) is 0 Å². The van der Waals surface area contributed by atoms with E-state index in [0.29, 0.717) is 0 Å². The Hall–Kier alpha value is -0.400. The minimum Gasteiger partial charge on any atom is -0.213 e. The third kappa shape index (κ3) is 2.31. The molecule has 0 N–H and O–H groups in total. The summed E-state index contributed by atoms with van der Waals surface area (Å²) in [5.74, 6) is -1.01. The molecule has 0 radical (unpaired) electrons. The molecule has 0 unspecified atom stereocenters. The maximum atomic E-state index is 11.7. The van der Waals surface area contributed by atoms with Gasteiger partial charge in [0.15, 0.2) is 0 Å². The van der Waals surface area contributed by atoms with Crippen LogP contribution in [0.1, 0.15) is 13.8 Å². The molecule has 0 amide bonds. The van der Waals surface area contributed by atoms with Crippen LogP contribution in [0.3, 0.4) is 0 Å². The Morgan fingerprint density at radius 1 is 1.57 bits per heavy atom. The monoisotopic (exact) mass is 106 g/mol. The third-order valence-electron chi connectivity index (χ3n) is 0.656. The largest absolute Gasteiger partial charge is 0.213 e. The molecular formula is C5H8F2. The molecule has 0 saturated carbocycles. The van der Waals surface area contributed by atoms with E-state index < -0.39 is 5.83 Å². The molecule has 0 atom stereocenters. The Balaban J connectivity index is 3.56. The van der Waals surface area contributed by atoms with Gasteiger partial charge in [0.1, 0.15) is 12.2 Å². The molecule has 0 aliphatic heterocycles. The van der Waals surface area contributed by atoms with Crippen molar-refractivity contribution in [1.82, 2.24) is 0 Å². The first-order valence-electron chi connectivity index (χ1n) is 2.14. The van der Waals surface area contributed by atoms with E-state index in [1.807, 2.05) is 0 Å². The molecule has 0 aliphatic rings. The fraction of sp³-hybridized carbons (Fsp3) is 0.600. The van der Waals surface area contributed by atoms with Gasteiger partial charge in [-0.1, -0.05) is 13.8 Å². The van der Waals surface area contributed by atoms with Crippen molar-refractivity contribution in [3.8, 4) is 0 Å². The van der Waals surface area contributed by atoms with E-state index in [9.17, 15) is 8.78 Å². The van der Waals surface area contributed by atoms with Gasteiger partial charge in [0.05, 0.1) is 0 Å². The van der Waals surface area contributed by atoms with Crippen molar-refractivity contribution >= 4 is 0 Å². The van der Waals surface area contributed by atoms with Gasteiger partial charge in [-0.05, 0) is 0 Å². The molecule has 7 heavy (non-hydrogen) atoms. The van der Waals surface area contributed by atoms with Crippen LogP contribution in [0, 0.1) is 5.92 Å². The summed E-state index contributed by atoms with van der Waals surface area (Å²) in [7, 11) is 0. The molecule has 0 aromatic rings. The molecule has 2 heteroatoms. The highest BCUT2D eigenvalue weighted by molar-refractivity contribution is 4.87. The summed E-state index contributed by atoms with van der Waals surface area (Å²) >= 11 is 0. The van der Waals surface area contributed by atoms with Gasteiger partial charge in [0.25, 0.3) is 0 Å². The summed E-state index contributed by atoms with van der Waals surface area (Å²) in [6.45, 7) is 3.18. The summed E-state index contributed by atoms with van der Waals surface area (Å²) in [4.78, 5) is 0. The van der Waals surface area contributed by atoms with Crippen LogP contribution in [0.25, 0.3) is 0 Å². The number of hydrogen-bond acceptors (Lipinski definition) is 0. The molecule has 0 fully saturated rings. The summed E-state index contributed by atoms with van der Waals surface area (Å²) in [6.07, 6.45) is -0.00926. The molecular weight excluding hydrogens is 98.1 g/mol. The highest BCUT2D eigenvalue weighted by atomic mass is 19.2. The van der Waals surface area contributed by atoms with Gasteiger partial charge < -0.3 is 0 Å². The second-order valence-electron chi connectivity index (χ2n) is 1.65. The molecule has 0 spiro atoms. The van der Waals surface area contributed by atoms with E-state index in [1.54, 1.807) is 13.8 Å². The Kier molecular flexibility index (Phi) is 2.56. The number of hydrogen-bond donors (Lipinski definition) is 0. The van der Waals surface area contributed by atoms with Gasteiger partial charge in [-0.3, -0.25) is 0 Å². The summed E-state index contributed by atoms with van der Waals surface area (Å²) in [5, 5.41) is 0. The second-order valence-corrected chi connectivity index (χ2v) is 1.65. The van der Waals surface area contributed by atoms with Gasteiger partial charge >= 0.3 is 0 Å². The Bertz CT molecular complexity index is 74.1. The number of rotatable bonds is 1. The highest BCUT2D eigenvalue weighted by Gasteiger charge is 1.97. The van der Waals surface area contributed by atoms with Gasteiger partial charge in [0.2, 0.25) is 0 Å². The molecule has 0 nitrogen and oxygen atoms in total. The maximum Gasteiger partial charge on any atom is 0.131 e. The standard InChI is InChI=1S/C5H8F2/c1-4(2)5(7)3-6/h3-4H,1-2H3/b5-3+. The molecule has 0 aromatic heterocycles. The first kappa shape index (κ1) is 6.60. The van der Waals surface area contributed by atoms with Crippen LogP contribution in [-0.4, -0.2) is 0 Å². The fourth-order valence-electron chi connectivity index (χ4n) is 0.126. The first-order chi connectivity index (χ1) is 3.18. The van der Waals surface area contributed by atoms with Crippen LogP contribution in [0.15, 0.2) is 12.2 Å². The summed E-state index contributed by atoms with van der Waals surface area (Å²) < 4.78 is 22.8. The lowest BCUT2D eigenvalue weighted by Gasteiger charge is -1.93. The van der Waals surface area contributed by atoms with E-state index >= 15 is 0 Å². The van der Waals surface area contributed by atoms with Crippen LogP contribution < -0.4 is 0 Å². The Labute approximate surface area is 41.8 Å². The third-order valence-corrected chi connectivity index (χ3v) is 0.656. The second kappa shape index (κ2) is 2.72. The fourth-order valence-corrected chi connectivity index (χ4v) is 0.126. The molecule has 0 aromatic carbocycles. The molecule has 0 bridgehead atoms. The first-order valence-corrected chi connectivity index (χ1v) is 2.14. The molecule has 0 saturated heterocycles. The minimum atomic E-state index is -0.694. The molecule has 0 heterocycles. The summed E-state index contributed by atoms with van der Waals surface area (Å²) in [5.41, 5.74) is 0. The van der Waals surface area contributed by atoms with E-state index in [1.165, 1.54) is 0 Å². The SMILES string of the molecule is CC(C)/C(F)=C\F. The van der Waals surface area contributed by atoms with E-state index in [2.05, 4.69) is 0 Å². The highest BCUT2D eigenvalue weighted by Crippen LogP contribution is 2.09. The van der Waals surface area contributed by atoms with Crippen molar-refractivity contribution in [1.29, 1.82) is 0 Å².